The second kappa shape index (κ2) is 5.01. The summed E-state index contributed by atoms with van der Waals surface area (Å²) in [5.74, 6) is 0.725. The molecule has 0 aliphatic rings. The van der Waals surface area contributed by atoms with Crippen molar-refractivity contribution in [2.45, 2.75) is 27.0 Å². The van der Waals surface area contributed by atoms with Gasteiger partial charge in [-0.3, -0.25) is 4.68 Å². The van der Waals surface area contributed by atoms with E-state index in [1.165, 1.54) is 0 Å². The van der Waals surface area contributed by atoms with E-state index in [4.69, 9.17) is 9.26 Å². The second-order valence-corrected chi connectivity index (χ2v) is 4.65. The average Bonchev–Trinajstić information content (AvgIpc) is 2.82. The van der Waals surface area contributed by atoms with E-state index in [2.05, 4.69) is 26.2 Å². The van der Waals surface area contributed by atoms with Crippen LogP contribution in [0.2, 0.25) is 0 Å². The van der Waals surface area contributed by atoms with Crippen molar-refractivity contribution in [2.24, 2.45) is 0 Å². The highest BCUT2D eigenvalue weighted by molar-refractivity contribution is 9.10. The third kappa shape index (κ3) is 2.58. The number of nitrogens with zero attached hydrogens (tertiary/aromatic N) is 3. The quantitative estimate of drug-likeness (QED) is 0.870. The van der Waals surface area contributed by atoms with E-state index < -0.39 is 0 Å². The highest BCUT2D eigenvalue weighted by Gasteiger charge is 2.11. The highest BCUT2D eigenvalue weighted by Crippen LogP contribution is 2.20. The van der Waals surface area contributed by atoms with Crippen molar-refractivity contribution in [1.29, 1.82) is 0 Å². The van der Waals surface area contributed by atoms with Crippen molar-refractivity contribution in [3.05, 3.63) is 33.4 Å². The highest BCUT2D eigenvalue weighted by atomic mass is 79.9. The Morgan fingerprint density at radius 1 is 1.47 bits per heavy atom. The van der Waals surface area contributed by atoms with Crippen molar-refractivity contribution >= 4 is 15.9 Å². The average molecular weight is 300 g/mol. The van der Waals surface area contributed by atoms with Crippen LogP contribution in [0.4, 0.5) is 0 Å². The summed E-state index contributed by atoms with van der Waals surface area (Å²) in [5.41, 5.74) is 2.90. The van der Waals surface area contributed by atoms with Crippen LogP contribution in [0.5, 0.6) is 0 Å². The summed E-state index contributed by atoms with van der Waals surface area (Å²) >= 11 is 3.50. The van der Waals surface area contributed by atoms with Gasteiger partial charge in [0.05, 0.1) is 22.4 Å². The van der Waals surface area contributed by atoms with Crippen molar-refractivity contribution < 1.29 is 9.26 Å². The first kappa shape index (κ1) is 12.3. The predicted molar refractivity (Wildman–Crippen MR) is 65.7 cm³/mol. The molecule has 0 aliphatic carbocycles. The SMILES string of the molecule is COCc1cc(Cn2nc(C)c(Br)c2C)no1. The normalized spacial score (nSPS) is 11.1. The Morgan fingerprint density at radius 3 is 2.82 bits per heavy atom. The van der Waals surface area contributed by atoms with Gasteiger partial charge in [-0.25, -0.2) is 0 Å². The number of rotatable bonds is 4. The number of hydrogen-bond donors (Lipinski definition) is 0. The Kier molecular flexibility index (Phi) is 3.63. The van der Waals surface area contributed by atoms with Crippen LogP contribution in [-0.4, -0.2) is 22.0 Å². The molecule has 5 nitrogen and oxygen atoms in total. The molecular formula is C11H14BrN3O2. The monoisotopic (exact) mass is 299 g/mol. The number of aromatic nitrogens is 3. The number of methoxy groups -OCH3 is 1. The molecule has 0 saturated heterocycles. The van der Waals surface area contributed by atoms with Gasteiger partial charge < -0.3 is 9.26 Å². The maximum Gasteiger partial charge on any atom is 0.162 e. The van der Waals surface area contributed by atoms with Gasteiger partial charge in [0.25, 0.3) is 0 Å². The van der Waals surface area contributed by atoms with Gasteiger partial charge in [0.1, 0.15) is 12.3 Å². The van der Waals surface area contributed by atoms with E-state index in [9.17, 15) is 0 Å². The van der Waals surface area contributed by atoms with Crippen LogP contribution in [0.1, 0.15) is 22.8 Å². The molecule has 0 unspecified atom stereocenters. The molecule has 2 aromatic rings. The Morgan fingerprint density at radius 2 is 2.24 bits per heavy atom. The standard InChI is InChI=1S/C11H14BrN3O2/c1-7-11(12)8(2)15(13-7)5-9-4-10(6-16-3)17-14-9/h4H,5-6H2,1-3H3. The first-order chi connectivity index (χ1) is 8.11. The van der Waals surface area contributed by atoms with Crippen LogP contribution in [0.25, 0.3) is 0 Å². The smallest absolute Gasteiger partial charge is 0.162 e. The topological polar surface area (TPSA) is 53.1 Å². The van der Waals surface area contributed by atoms with Crippen LogP contribution in [0.15, 0.2) is 15.1 Å². The molecule has 92 valence electrons. The largest absolute Gasteiger partial charge is 0.377 e. The minimum Gasteiger partial charge on any atom is -0.377 e. The minimum absolute atomic E-state index is 0.438. The first-order valence-electron chi connectivity index (χ1n) is 5.24. The summed E-state index contributed by atoms with van der Waals surface area (Å²) in [6.07, 6.45) is 0. The van der Waals surface area contributed by atoms with Crippen molar-refractivity contribution in [3.63, 3.8) is 0 Å². The van der Waals surface area contributed by atoms with Crippen LogP contribution >= 0.6 is 15.9 Å². The lowest BCUT2D eigenvalue weighted by molar-refractivity contribution is 0.155. The van der Waals surface area contributed by atoms with E-state index >= 15 is 0 Å². The Bertz CT molecular complexity index is 519. The Labute approximate surface area is 108 Å². The zero-order chi connectivity index (χ0) is 12.4. The summed E-state index contributed by atoms with van der Waals surface area (Å²) in [6, 6.07) is 1.88. The molecular weight excluding hydrogens is 286 g/mol. The Hall–Kier alpha value is -1.14. The van der Waals surface area contributed by atoms with Gasteiger partial charge in [0.2, 0.25) is 0 Å². The number of aryl methyl sites for hydroxylation is 1. The molecule has 0 aromatic carbocycles. The summed E-state index contributed by atoms with van der Waals surface area (Å²) in [5, 5.41) is 8.40. The lowest BCUT2D eigenvalue weighted by atomic mass is 10.3. The molecule has 0 aliphatic heterocycles. The third-order valence-electron chi connectivity index (χ3n) is 2.50. The summed E-state index contributed by atoms with van der Waals surface area (Å²) in [4.78, 5) is 0. The molecule has 2 aromatic heterocycles. The van der Waals surface area contributed by atoms with Gasteiger partial charge in [-0.05, 0) is 29.8 Å². The Balaban J connectivity index is 2.16. The summed E-state index contributed by atoms with van der Waals surface area (Å²) in [7, 11) is 1.63. The van der Waals surface area contributed by atoms with E-state index in [1.807, 2.05) is 24.6 Å². The predicted octanol–water partition coefficient (Wildman–Crippen LogP) is 2.45. The lowest BCUT2D eigenvalue weighted by Crippen LogP contribution is -2.04. The molecule has 0 spiro atoms. The molecule has 2 heterocycles. The van der Waals surface area contributed by atoms with E-state index in [0.717, 1.165) is 27.3 Å². The van der Waals surface area contributed by atoms with Crippen LogP contribution in [0.3, 0.4) is 0 Å². The number of halogens is 1. The molecule has 0 atom stereocenters. The fraction of sp³-hybridized carbons (Fsp3) is 0.455. The number of ether oxygens (including phenoxy) is 1. The van der Waals surface area contributed by atoms with Gasteiger partial charge >= 0.3 is 0 Å². The van der Waals surface area contributed by atoms with Crippen LogP contribution in [-0.2, 0) is 17.9 Å². The second-order valence-electron chi connectivity index (χ2n) is 3.86. The van der Waals surface area contributed by atoms with Crippen molar-refractivity contribution in [3.8, 4) is 0 Å². The maximum absolute atomic E-state index is 5.13. The lowest BCUT2D eigenvalue weighted by Gasteiger charge is -1.99. The van der Waals surface area contributed by atoms with Crippen LogP contribution < -0.4 is 0 Å². The molecule has 0 fully saturated rings. The molecule has 2 rings (SSSR count). The van der Waals surface area contributed by atoms with Crippen LogP contribution in [0, 0.1) is 13.8 Å². The zero-order valence-corrected chi connectivity index (χ0v) is 11.6. The van der Waals surface area contributed by atoms with E-state index in [-0.39, 0.29) is 0 Å². The number of hydrogen-bond acceptors (Lipinski definition) is 4. The van der Waals surface area contributed by atoms with Gasteiger partial charge in [0, 0.05) is 13.2 Å². The summed E-state index contributed by atoms with van der Waals surface area (Å²) < 4.78 is 13.0. The molecule has 0 radical (unpaired) electrons. The van der Waals surface area contributed by atoms with Gasteiger partial charge in [-0.15, -0.1) is 0 Å². The van der Waals surface area contributed by atoms with Crippen molar-refractivity contribution in [1.82, 2.24) is 14.9 Å². The molecule has 0 amide bonds. The minimum atomic E-state index is 0.438. The summed E-state index contributed by atoms with van der Waals surface area (Å²) in [6.45, 7) is 5.02. The third-order valence-corrected chi connectivity index (χ3v) is 3.65. The molecule has 0 bridgehead atoms. The molecule has 6 heteroatoms. The van der Waals surface area contributed by atoms with E-state index in [0.29, 0.717) is 13.2 Å². The first-order valence-corrected chi connectivity index (χ1v) is 6.04. The zero-order valence-electron chi connectivity index (χ0n) is 10.0. The maximum atomic E-state index is 5.13. The molecule has 0 N–H and O–H groups in total. The molecule has 0 saturated carbocycles. The van der Waals surface area contributed by atoms with Gasteiger partial charge in [0.15, 0.2) is 5.76 Å². The fourth-order valence-electron chi connectivity index (χ4n) is 1.62. The van der Waals surface area contributed by atoms with Crippen molar-refractivity contribution in [2.75, 3.05) is 7.11 Å². The van der Waals surface area contributed by atoms with Gasteiger partial charge in [-0.1, -0.05) is 5.16 Å². The fourth-order valence-corrected chi connectivity index (χ4v) is 1.91. The van der Waals surface area contributed by atoms with Gasteiger partial charge in [-0.2, -0.15) is 5.10 Å². The molecule has 17 heavy (non-hydrogen) atoms. The van der Waals surface area contributed by atoms with E-state index in [1.54, 1.807) is 7.11 Å².